The number of ether oxygens (including phenoxy) is 1. The Morgan fingerprint density at radius 1 is 1.58 bits per heavy atom. The summed E-state index contributed by atoms with van der Waals surface area (Å²) in [6.45, 7) is -0.101. The predicted octanol–water partition coefficient (Wildman–Crippen LogP) is 2.60. The van der Waals surface area contributed by atoms with Crippen molar-refractivity contribution in [3.8, 4) is 5.75 Å². The van der Waals surface area contributed by atoms with Crippen molar-refractivity contribution in [3.63, 3.8) is 0 Å². The molecular weight excluding hydrogens is 243 g/mol. The molecule has 1 aromatic carbocycles. The number of aliphatic hydroxyl groups excluding tert-OH is 1. The second-order valence-corrected chi connectivity index (χ2v) is 3.40. The summed E-state index contributed by atoms with van der Waals surface area (Å²) in [5.74, 6) is 0.670. The maximum atomic E-state index is 8.95. The van der Waals surface area contributed by atoms with E-state index in [2.05, 4.69) is 15.9 Å². The molecule has 0 aliphatic carbocycles. The fourth-order valence-electron chi connectivity index (χ4n) is 0.879. The van der Waals surface area contributed by atoms with Crippen LogP contribution in [0.5, 0.6) is 5.75 Å². The summed E-state index contributed by atoms with van der Waals surface area (Å²) in [6.07, 6.45) is 0. The van der Waals surface area contributed by atoms with Crippen molar-refractivity contribution in [1.82, 2.24) is 0 Å². The van der Waals surface area contributed by atoms with E-state index in [-0.39, 0.29) is 6.61 Å². The predicted molar refractivity (Wildman–Crippen MR) is 51.6 cm³/mol. The van der Waals surface area contributed by atoms with E-state index in [0.717, 1.165) is 0 Å². The Bertz CT molecular complexity index is 289. The van der Waals surface area contributed by atoms with Crippen LogP contribution in [0.1, 0.15) is 5.56 Å². The van der Waals surface area contributed by atoms with Crippen LogP contribution in [0.15, 0.2) is 16.6 Å². The average molecular weight is 252 g/mol. The van der Waals surface area contributed by atoms with Gasteiger partial charge >= 0.3 is 0 Å². The van der Waals surface area contributed by atoms with Crippen molar-refractivity contribution < 1.29 is 9.84 Å². The molecule has 0 saturated carbocycles. The number of rotatable bonds is 2. The number of halogens is 2. The van der Waals surface area contributed by atoms with Crippen molar-refractivity contribution in [2.24, 2.45) is 0 Å². The van der Waals surface area contributed by atoms with E-state index in [4.69, 9.17) is 21.4 Å². The third-order valence-electron chi connectivity index (χ3n) is 1.53. The third-order valence-corrected chi connectivity index (χ3v) is 2.75. The molecule has 0 bridgehead atoms. The Labute approximate surface area is 84.2 Å². The smallest absolute Gasteiger partial charge is 0.133 e. The summed E-state index contributed by atoms with van der Waals surface area (Å²) in [6, 6.07) is 3.43. The largest absolute Gasteiger partial charge is 0.496 e. The fraction of sp³-hybridized carbons (Fsp3) is 0.250. The Morgan fingerprint density at radius 3 is 2.75 bits per heavy atom. The van der Waals surface area contributed by atoms with Gasteiger partial charge in [-0.3, -0.25) is 0 Å². The minimum absolute atomic E-state index is 0.101. The second kappa shape index (κ2) is 4.12. The monoisotopic (exact) mass is 250 g/mol. The molecule has 0 amide bonds. The van der Waals surface area contributed by atoms with Crippen LogP contribution in [0.2, 0.25) is 5.02 Å². The summed E-state index contributed by atoms with van der Waals surface area (Å²) in [5, 5.41) is 9.48. The summed E-state index contributed by atoms with van der Waals surface area (Å²) < 4.78 is 5.73. The lowest BCUT2D eigenvalue weighted by Gasteiger charge is -2.08. The summed E-state index contributed by atoms with van der Waals surface area (Å²) in [5.41, 5.74) is 0.649. The molecule has 0 atom stereocenters. The van der Waals surface area contributed by atoms with E-state index in [1.54, 1.807) is 19.2 Å². The first-order valence-corrected chi connectivity index (χ1v) is 4.49. The molecular formula is C8H8BrClO2. The van der Waals surface area contributed by atoms with Crippen LogP contribution < -0.4 is 4.74 Å². The average Bonchev–Trinajstić information content (AvgIpc) is 2.06. The van der Waals surface area contributed by atoms with Crippen molar-refractivity contribution >= 4 is 27.5 Å². The first-order chi connectivity index (χ1) is 5.70. The molecule has 0 spiro atoms. The van der Waals surface area contributed by atoms with Crippen LogP contribution in [-0.4, -0.2) is 12.2 Å². The Hall–Kier alpha value is -0.250. The minimum Gasteiger partial charge on any atom is -0.496 e. The Kier molecular flexibility index (Phi) is 3.38. The molecule has 2 nitrogen and oxygen atoms in total. The van der Waals surface area contributed by atoms with Crippen LogP contribution in [0.4, 0.5) is 0 Å². The maximum Gasteiger partial charge on any atom is 0.133 e. The van der Waals surface area contributed by atoms with Gasteiger partial charge in [-0.15, -0.1) is 0 Å². The lowest BCUT2D eigenvalue weighted by atomic mass is 10.2. The van der Waals surface area contributed by atoms with Crippen LogP contribution in [0, 0.1) is 0 Å². The lowest BCUT2D eigenvalue weighted by molar-refractivity contribution is 0.280. The number of hydrogen-bond acceptors (Lipinski definition) is 2. The SMILES string of the molecule is COc1ccc(Cl)c(CO)c1Br. The van der Waals surface area contributed by atoms with E-state index in [1.165, 1.54) is 0 Å². The van der Waals surface area contributed by atoms with E-state index >= 15 is 0 Å². The molecule has 0 fully saturated rings. The van der Waals surface area contributed by atoms with Crippen molar-refractivity contribution in [2.45, 2.75) is 6.61 Å². The van der Waals surface area contributed by atoms with Gasteiger partial charge in [-0.05, 0) is 28.1 Å². The Morgan fingerprint density at radius 2 is 2.25 bits per heavy atom. The lowest BCUT2D eigenvalue weighted by Crippen LogP contribution is -1.91. The van der Waals surface area contributed by atoms with E-state index in [0.29, 0.717) is 20.8 Å². The van der Waals surface area contributed by atoms with Gasteiger partial charge in [0.25, 0.3) is 0 Å². The molecule has 0 radical (unpaired) electrons. The van der Waals surface area contributed by atoms with Gasteiger partial charge < -0.3 is 9.84 Å². The number of aliphatic hydroxyl groups is 1. The normalized spacial score (nSPS) is 10.0. The quantitative estimate of drug-likeness (QED) is 0.875. The highest BCUT2D eigenvalue weighted by molar-refractivity contribution is 9.10. The number of benzene rings is 1. The fourth-order valence-corrected chi connectivity index (χ4v) is 1.84. The molecule has 0 aliphatic rings. The molecule has 0 saturated heterocycles. The van der Waals surface area contributed by atoms with E-state index in [1.807, 2.05) is 0 Å². The molecule has 0 aliphatic heterocycles. The Balaban J connectivity index is 3.24. The number of methoxy groups -OCH3 is 1. The van der Waals surface area contributed by atoms with E-state index in [9.17, 15) is 0 Å². The van der Waals surface area contributed by atoms with Crippen molar-refractivity contribution in [2.75, 3.05) is 7.11 Å². The molecule has 1 rings (SSSR count). The van der Waals surface area contributed by atoms with Gasteiger partial charge in [-0.2, -0.15) is 0 Å². The molecule has 1 N–H and O–H groups in total. The summed E-state index contributed by atoms with van der Waals surface area (Å²) in [4.78, 5) is 0. The van der Waals surface area contributed by atoms with Gasteiger partial charge in [0.05, 0.1) is 18.2 Å². The zero-order valence-corrected chi connectivity index (χ0v) is 8.82. The highest BCUT2D eigenvalue weighted by Crippen LogP contribution is 2.33. The molecule has 0 heterocycles. The highest BCUT2D eigenvalue weighted by atomic mass is 79.9. The standard InChI is InChI=1S/C8H8BrClO2/c1-12-7-3-2-6(10)5(4-11)8(7)9/h2-3,11H,4H2,1H3. The van der Waals surface area contributed by atoms with Gasteiger partial charge in [0, 0.05) is 10.6 Å². The first-order valence-electron chi connectivity index (χ1n) is 3.32. The summed E-state index contributed by atoms with van der Waals surface area (Å²) >= 11 is 9.10. The maximum absolute atomic E-state index is 8.95. The van der Waals surface area contributed by atoms with Gasteiger partial charge in [0.2, 0.25) is 0 Å². The van der Waals surface area contributed by atoms with Gasteiger partial charge in [0.1, 0.15) is 5.75 Å². The van der Waals surface area contributed by atoms with Gasteiger partial charge in [-0.25, -0.2) is 0 Å². The van der Waals surface area contributed by atoms with Crippen LogP contribution >= 0.6 is 27.5 Å². The van der Waals surface area contributed by atoms with E-state index < -0.39 is 0 Å². The topological polar surface area (TPSA) is 29.5 Å². The minimum atomic E-state index is -0.101. The molecule has 12 heavy (non-hydrogen) atoms. The van der Waals surface area contributed by atoms with Crippen LogP contribution in [0.3, 0.4) is 0 Å². The van der Waals surface area contributed by atoms with Crippen molar-refractivity contribution in [1.29, 1.82) is 0 Å². The van der Waals surface area contributed by atoms with Gasteiger partial charge in [0.15, 0.2) is 0 Å². The highest BCUT2D eigenvalue weighted by Gasteiger charge is 2.08. The molecule has 4 heteroatoms. The molecule has 66 valence electrons. The molecule has 1 aromatic rings. The van der Waals surface area contributed by atoms with Gasteiger partial charge in [-0.1, -0.05) is 11.6 Å². The zero-order chi connectivity index (χ0) is 9.14. The molecule has 0 aromatic heterocycles. The first kappa shape index (κ1) is 9.84. The summed E-state index contributed by atoms with van der Waals surface area (Å²) in [7, 11) is 1.56. The molecule has 0 unspecified atom stereocenters. The van der Waals surface area contributed by atoms with Crippen molar-refractivity contribution in [3.05, 3.63) is 27.2 Å². The van der Waals surface area contributed by atoms with Crippen LogP contribution in [0.25, 0.3) is 0 Å². The number of hydrogen-bond donors (Lipinski definition) is 1. The van der Waals surface area contributed by atoms with Crippen LogP contribution in [-0.2, 0) is 6.61 Å². The third kappa shape index (κ3) is 1.73. The zero-order valence-electron chi connectivity index (χ0n) is 6.47. The second-order valence-electron chi connectivity index (χ2n) is 2.20.